The van der Waals surface area contributed by atoms with Gasteiger partial charge in [-0.1, -0.05) is 34.1 Å². The summed E-state index contributed by atoms with van der Waals surface area (Å²) >= 11 is 3.48. The standard InChI is InChI=1S/C15H18BrN3O2.2ClH/c1-10(8-17)19-14(20)6-7-15-18-9-13(21-15)11-4-2-3-5-12(11)16;;/h2-5,9-10H,6-8,17H2,1H3,(H,19,20);2*1H/t10-;;/m0../s1. The van der Waals surface area contributed by atoms with E-state index in [0.29, 0.717) is 31.0 Å². The smallest absolute Gasteiger partial charge is 0.220 e. The minimum absolute atomic E-state index is 0. The Bertz CT molecular complexity index is 622. The molecule has 1 atom stereocenters. The van der Waals surface area contributed by atoms with Crippen LogP contribution in [0.15, 0.2) is 39.4 Å². The molecule has 0 bridgehead atoms. The molecule has 1 amide bonds. The molecule has 5 nitrogen and oxygen atoms in total. The molecule has 3 N–H and O–H groups in total. The third-order valence-corrected chi connectivity index (χ3v) is 3.71. The topological polar surface area (TPSA) is 81.1 Å². The van der Waals surface area contributed by atoms with Crippen molar-refractivity contribution in [1.82, 2.24) is 10.3 Å². The number of aromatic nitrogens is 1. The van der Waals surface area contributed by atoms with E-state index in [9.17, 15) is 4.79 Å². The molecular formula is C15H20BrCl2N3O2. The minimum Gasteiger partial charge on any atom is -0.441 e. The Kier molecular flexibility index (Phi) is 10.1. The van der Waals surface area contributed by atoms with E-state index in [4.69, 9.17) is 10.2 Å². The van der Waals surface area contributed by atoms with Crippen molar-refractivity contribution < 1.29 is 9.21 Å². The van der Waals surface area contributed by atoms with Crippen molar-refractivity contribution in [2.75, 3.05) is 6.54 Å². The van der Waals surface area contributed by atoms with Crippen molar-refractivity contribution in [1.29, 1.82) is 0 Å². The molecule has 2 aromatic rings. The average Bonchev–Trinajstić information content (AvgIpc) is 2.94. The zero-order valence-corrected chi connectivity index (χ0v) is 15.8. The van der Waals surface area contributed by atoms with Gasteiger partial charge in [-0.15, -0.1) is 24.8 Å². The lowest BCUT2D eigenvalue weighted by atomic mass is 10.2. The number of carbonyl (C=O) groups is 1. The quantitative estimate of drug-likeness (QED) is 0.744. The lowest BCUT2D eigenvalue weighted by molar-refractivity contribution is -0.121. The van der Waals surface area contributed by atoms with Crippen LogP contribution in [0.3, 0.4) is 0 Å². The molecule has 0 radical (unpaired) electrons. The highest BCUT2D eigenvalue weighted by atomic mass is 79.9. The summed E-state index contributed by atoms with van der Waals surface area (Å²) in [5, 5.41) is 2.81. The maximum atomic E-state index is 11.7. The van der Waals surface area contributed by atoms with Crippen LogP contribution in [0.5, 0.6) is 0 Å². The molecule has 0 unspecified atom stereocenters. The molecule has 23 heavy (non-hydrogen) atoms. The van der Waals surface area contributed by atoms with Crippen molar-refractivity contribution in [3.8, 4) is 11.3 Å². The Morgan fingerprint density at radius 2 is 2.09 bits per heavy atom. The van der Waals surface area contributed by atoms with Crippen molar-refractivity contribution in [2.24, 2.45) is 5.73 Å². The number of aryl methyl sites for hydroxylation is 1. The lowest BCUT2D eigenvalue weighted by Crippen LogP contribution is -2.37. The predicted octanol–water partition coefficient (Wildman–Crippen LogP) is 3.34. The van der Waals surface area contributed by atoms with Crippen LogP contribution in [0.1, 0.15) is 19.2 Å². The summed E-state index contributed by atoms with van der Waals surface area (Å²) in [6.07, 6.45) is 2.48. The molecular weight excluding hydrogens is 405 g/mol. The SMILES string of the molecule is C[C@@H](CN)NC(=O)CCc1ncc(-c2ccccc2Br)o1.Cl.Cl. The van der Waals surface area contributed by atoms with Gasteiger partial charge in [0.2, 0.25) is 5.91 Å². The van der Waals surface area contributed by atoms with Gasteiger partial charge in [0.1, 0.15) is 0 Å². The van der Waals surface area contributed by atoms with E-state index in [0.717, 1.165) is 10.0 Å². The van der Waals surface area contributed by atoms with E-state index in [1.165, 1.54) is 0 Å². The fourth-order valence-corrected chi connectivity index (χ4v) is 2.32. The molecule has 0 fully saturated rings. The van der Waals surface area contributed by atoms with Crippen LogP contribution < -0.4 is 11.1 Å². The molecule has 0 saturated carbocycles. The molecule has 0 aliphatic heterocycles. The molecule has 0 aliphatic carbocycles. The highest BCUT2D eigenvalue weighted by molar-refractivity contribution is 9.10. The van der Waals surface area contributed by atoms with E-state index < -0.39 is 0 Å². The third-order valence-electron chi connectivity index (χ3n) is 3.02. The van der Waals surface area contributed by atoms with E-state index in [-0.39, 0.29) is 36.8 Å². The summed E-state index contributed by atoms with van der Waals surface area (Å²) < 4.78 is 6.63. The van der Waals surface area contributed by atoms with Gasteiger partial charge in [-0.05, 0) is 13.0 Å². The molecule has 0 aliphatic rings. The highest BCUT2D eigenvalue weighted by Crippen LogP contribution is 2.28. The van der Waals surface area contributed by atoms with Gasteiger partial charge in [0.25, 0.3) is 0 Å². The molecule has 1 aromatic heterocycles. The van der Waals surface area contributed by atoms with Crippen LogP contribution in [0.4, 0.5) is 0 Å². The number of hydrogen-bond donors (Lipinski definition) is 2. The van der Waals surface area contributed by atoms with Crippen LogP contribution in [0.2, 0.25) is 0 Å². The van der Waals surface area contributed by atoms with Crippen molar-refractivity contribution in [2.45, 2.75) is 25.8 Å². The summed E-state index contributed by atoms with van der Waals surface area (Å²) in [6, 6.07) is 7.75. The Morgan fingerprint density at radius 3 is 2.74 bits per heavy atom. The van der Waals surface area contributed by atoms with E-state index in [1.54, 1.807) is 6.20 Å². The Morgan fingerprint density at radius 1 is 1.39 bits per heavy atom. The summed E-state index contributed by atoms with van der Waals surface area (Å²) in [5.41, 5.74) is 6.40. The third kappa shape index (κ3) is 6.51. The first-order chi connectivity index (χ1) is 10.1. The molecule has 1 heterocycles. The second kappa shape index (κ2) is 10.6. The van der Waals surface area contributed by atoms with Crippen LogP contribution in [-0.4, -0.2) is 23.5 Å². The van der Waals surface area contributed by atoms with Crippen LogP contribution in [0.25, 0.3) is 11.3 Å². The summed E-state index contributed by atoms with van der Waals surface area (Å²) in [6.45, 7) is 2.30. The second-order valence-corrected chi connectivity index (χ2v) is 5.66. The fourth-order valence-electron chi connectivity index (χ4n) is 1.84. The zero-order chi connectivity index (χ0) is 15.2. The van der Waals surface area contributed by atoms with Gasteiger partial charge in [-0.25, -0.2) is 4.98 Å². The van der Waals surface area contributed by atoms with Gasteiger partial charge >= 0.3 is 0 Å². The summed E-state index contributed by atoms with van der Waals surface area (Å²) in [4.78, 5) is 15.9. The number of nitrogens with one attached hydrogen (secondary N) is 1. The fraction of sp³-hybridized carbons (Fsp3) is 0.333. The predicted molar refractivity (Wildman–Crippen MR) is 99.1 cm³/mol. The Hall–Kier alpha value is -1.08. The van der Waals surface area contributed by atoms with E-state index in [1.807, 2.05) is 31.2 Å². The first kappa shape index (κ1) is 21.9. The Balaban J connectivity index is 0.00000242. The maximum Gasteiger partial charge on any atom is 0.220 e. The number of halogens is 3. The normalized spacial score (nSPS) is 11.1. The zero-order valence-electron chi connectivity index (χ0n) is 12.6. The number of hydrogen-bond acceptors (Lipinski definition) is 4. The monoisotopic (exact) mass is 423 g/mol. The molecule has 0 saturated heterocycles. The Labute approximate surface area is 156 Å². The number of benzene rings is 1. The molecule has 1 aromatic carbocycles. The number of carbonyl (C=O) groups excluding carboxylic acids is 1. The largest absolute Gasteiger partial charge is 0.441 e. The number of nitrogens with zero attached hydrogens (tertiary/aromatic N) is 1. The molecule has 2 rings (SSSR count). The van der Waals surface area contributed by atoms with Gasteiger partial charge in [0.15, 0.2) is 11.7 Å². The maximum absolute atomic E-state index is 11.7. The number of nitrogens with two attached hydrogens (primary N) is 1. The molecule has 0 spiro atoms. The highest BCUT2D eigenvalue weighted by Gasteiger charge is 2.11. The van der Waals surface area contributed by atoms with E-state index in [2.05, 4.69) is 26.2 Å². The molecule has 8 heteroatoms. The van der Waals surface area contributed by atoms with Crippen LogP contribution in [-0.2, 0) is 11.2 Å². The first-order valence-corrected chi connectivity index (χ1v) is 7.58. The lowest BCUT2D eigenvalue weighted by Gasteiger charge is -2.10. The minimum atomic E-state index is -0.0476. The van der Waals surface area contributed by atoms with Gasteiger partial charge < -0.3 is 15.5 Å². The van der Waals surface area contributed by atoms with Crippen molar-refractivity contribution in [3.05, 3.63) is 40.8 Å². The van der Waals surface area contributed by atoms with Crippen LogP contribution in [0, 0.1) is 0 Å². The van der Waals surface area contributed by atoms with Gasteiger partial charge in [-0.3, -0.25) is 4.79 Å². The summed E-state index contributed by atoms with van der Waals surface area (Å²) in [5.74, 6) is 1.19. The van der Waals surface area contributed by atoms with Gasteiger partial charge in [0.05, 0.1) is 6.20 Å². The van der Waals surface area contributed by atoms with Crippen molar-refractivity contribution >= 4 is 46.7 Å². The van der Waals surface area contributed by atoms with Crippen molar-refractivity contribution in [3.63, 3.8) is 0 Å². The van der Waals surface area contributed by atoms with Gasteiger partial charge in [-0.2, -0.15) is 0 Å². The second-order valence-electron chi connectivity index (χ2n) is 4.80. The first-order valence-electron chi connectivity index (χ1n) is 6.79. The number of oxazole rings is 1. The average molecular weight is 425 g/mol. The number of rotatable bonds is 6. The molecule has 128 valence electrons. The van der Waals surface area contributed by atoms with Crippen LogP contribution >= 0.6 is 40.7 Å². The van der Waals surface area contributed by atoms with E-state index >= 15 is 0 Å². The number of amides is 1. The summed E-state index contributed by atoms with van der Waals surface area (Å²) in [7, 11) is 0. The van der Waals surface area contributed by atoms with Gasteiger partial charge in [0, 0.05) is 35.5 Å².